The average molecular weight is 267 g/mol. The lowest BCUT2D eigenvalue weighted by atomic mass is 10.1. The van der Waals surface area contributed by atoms with E-state index in [4.69, 9.17) is 14.9 Å². The molecule has 0 aliphatic carbocycles. The molecule has 0 spiro atoms. The molecule has 0 aliphatic rings. The van der Waals surface area contributed by atoms with Gasteiger partial charge < -0.3 is 14.9 Å². The van der Waals surface area contributed by atoms with Crippen molar-refractivity contribution in [3.8, 4) is 0 Å². The predicted octanol–water partition coefficient (Wildman–Crippen LogP) is 2.52. The molecule has 0 amide bonds. The first-order chi connectivity index (χ1) is 9.04. The molecule has 2 rings (SSSR count). The molecule has 4 nitrogen and oxygen atoms in total. The van der Waals surface area contributed by atoms with Crippen molar-refractivity contribution >= 4 is 11.5 Å². The minimum Gasteiger partial charge on any atom is -0.455 e. The van der Waals surface area contributed by atoms with Gasteiger partial charge in [0.2, 0.25) is 5.78 Å². The van der Waals surface area contributed by atoms with Gasteiger partial charge in [-0.1, -0.05) is 0 Å². The molecule has 19 heavy (non-hydrogen) atoms. The minimum absolute atomic E-state index is 0.162. The van der Waals surface area contributed by atoms with E-state index in [1.54, 1.807) is 0 Å². The first-order valence-corrected chi connectivity index (χ1v) is 5.40. The summed E-state index contributed by atoms with van der Waals surface area (Å²) in [6, 6.07) is 4.82. The number of furan rings is 1. The van der Waals surface area contributed by atoms with Crippen LogP contribution in [0, 0.1) is 11.6 Å². The van der Waals surface area contributed by atoms with Gasteiger partial charge in [-0.3, -0.25) is 4.79 Å². The Morgan fingerprint density at radius 3 is 2.74 bits per heavy atom. The molecule has 2 N–H and O–H groups in total. The van der Waals surface area contributed by atoms with Crippen LogP contribution in [0.15, 0.2) is 28.7 Å². The number of hydrogen-bond acceptors (Lipinski definition) is 4. The number of nitrogens with two attached hydrogens (primary N) is 1. The zero-order chi connectivity index (χ0) is 14.0. The van der Waals surface area contributed by atoms with E-state index in [2.05, 4.69) is 0 Å². The Bertz CT molecular complexity index is 622. The highest BCUT2D eigenvalue weighted by molar-refractivity contribution is 6.08. The van der Waals surface area contributed by atoms with Crippen LogP contribution in [0.25, 0.3) is 0 Å². The Hall–Kier alpha value is -2.21. The van der Waals surface area contributed by atoms with Gasteiger partial charge in [0.15, 0.2) is 11.6 Å². The smallest absolute Gasteiger partial charge is 0.234 e. The van der Waals surface area contributed by atoms with Crippen LogP contribution < -0.4 is 5.73 Å². The second-order valence-corrected chi connectivity index (χ2v) is 3.85. The first-order valence-electron chi connectivity index (χ1n) is 5.40. The standard InChI is InChI=1S/C13H11F2NO3/c1-18-6-7-2-5-10(19-7)13(17)11-8(14)3-4-9(16)12(11)15/h2-5H,6,16H2,1H3. The van der Waals surface area contributed by atoms with Crippen LogP contribution in [0.4, 0.5) is 14.5 Å². The Labute approximate surface area is 107 Å². The number of methoxy groups -OCH3 is 1. The zero-order valence-electron chi connectivity index (χ0n) is 10.1. The van der Waals surface area contributed by atoms with Crippen molar-refractivity contribution in [3.05, 3.63) is 53.0 Å². The second kappa shape index (κ2) is 5.19. The fourth-order valence-electron chi connectivity index (χ4n) is 1.62. The van der Waals surface area contributed by atoms with Crippen LogP contribution in [0.1, 0.15) is 21.9 Å². The molecule has 0 fully saturated rings. The minimum atomic E-state index is -1.09. The van der Waals surface area contributed by atoms with E-state index in [-0.39, 0.29) is 18.1 Å². The van der Waals surface area contributed by atoms with Gasteiger partial charge in [0.25, 0.3) is 0 Å². The molecule has 0 atom stereocenters. The number of anilines is 1. The van der Waals surface area contributed by atoms with Gasteiger partial charge in [0.05, 0.1) is 11.3 Å². The van der Waals surface area contributed by atoms with Gasteiger partial charge in [0, 0.05) is 7.11 Å². The van der Waals surface area contributed by atoms with Gasteiger partial charge in [-0.15, -0.1) is 0 Å². The molecule has 100 valence electrons. The molecule has 0 saturated heterocycles. The number of ketones is 1. The number of ether oxygens (including phenoxy) is 1. The lowest BCUT2D eigenvalue weighted by Crippen LogP contribution is -2.08. The van der Waals surface area contributed by atoms with Crippen molar-refractivity contribution in [2.45, 2.75) is 6.61 Å². The van der Waals surface area contributed by atoms with E-state index >= 15 is 0 Å². The maximum absolute atomic E-state index is 13.7. The third kappa shape index (κ3) is 2.48. The molecule has 6 heteroatoms. The normalized spacial score (nSPS) is 10.7. The summed E-state index contributed by atoms with van der Waals surface area (Å²) in [7, 11) is 1.46. The van der Waals surface area contributed by atoms with Crippen LogP contribution in [0.3, 0.4) is 0 Å². The van der Waals surface area contributed by atoms with Crippen molar-refractivity contribution in [3.63, 3.8) is 0 Å². The molecular weight excluding hydrogens is 256 g/mol. The van der Waals surface area contributed by atoms with Crippen molar-refractivity contribution < 1.29 is 22.7 Å². The maximum atomic E-state index is 13.7. The SMILES string of the molecule is COCc1ccc(C(=O)c2c(F)ccc(N)c2F)o1. The largest absolute Gasteiger partial charge is 0.455 e. The van der Waals surface area contributed by atoms with E-state index in [0.29, 0.717) is 5.76 Å². The summed E-state index contributed by atoms with van der Waals surface area (Å²) in [6.07, 6.45) is 0. The van der Waals surface area contributed by atoms with Gasteiger partial charge in [0.1, 0.15) is 18.2 Å². The molecule has 0 radical (unpaired) electrons. The van der Waals surface area contributed by atoms with Crippen LogP contribution >= 0.6 is 0 Å². The van der Waals surface area contributed by atoms with Gasteiger partial charge in [-0.05, 0) is 24.3 Å². The molecule has 0 aliphatic heterocycles. The number of hydrogen-bond donors (Lipinski definition) is 1. The van der Waals surface area contributed by atoms with Crippen molar-refractivity contribution in [1.29, 1.82) is 0 Å². The lowest BCUT2D eigenvalue weighted by Gasteiger charge is -2.04. The first kappa shape index (κ1) is 13.2. The van der Waals surface area contributed by atoms with Crippen molar-refractivity contribution in [1.82, 2.24) is 0 Å². The Morgan fingerprint density at radius 1 is 1.32 bits per heavy atom. The summed E-state index contributed by atoms with van der Waals surface area (Å²) >= 11 is 0. The van der Waals surface area contributed by atoms with E-state index in [0.717, 1.165) is 12.1 Å². The lowest BCUT2D eigenvalue weighted by molar-refractivity contribution is 0.0992. The van der Waals surface area contributed by atoms with Crippen LogP contribution in [-0.4, -0.2) is 12.9 Å². The summed E-state index contributed by atoms with van der Waals surface area (Å²) < 4.78 is 37.2. The third-order valence-electron chi connectivity index (χ3n) is 2.52. The molecular formula is C13H11F2NO3. The monoisotopic (exact) mass is 267 g/mol. The topological polar surface area (TPSA) is 65.5 Å². The van der Waals surface area contributed by atoms with Crippen LogP contribution in [0.2, 0.25) is 0 Å². The highest BCUT2D eigenvalue weighted by Crippen LogP contribution is 2.22. The molecule has 1 aromatic heterocycles. The summed E-state index contributed by atoms with van der Waals surface area (Å²) in [6.45, 7) is 0.162. The summed E-state index contributed by atoms with van der Waals surface area (Å²) in [5.74, 6) is -2.76. The predicted molar refractivity (Wildman–Crippen MR) is 63.6 cm³/mol. The zero-order valence-corrected chi connectivity index (χ0v) is 10.1. The highest BCUT2D eigenvalue weighted by atomic mass is 19.1. The number of carbonyl (C=O) groups is 1. The molecule has 1 heterocycles. The maximum Gasteiger partial charge on any atom is 0.234 e. The third-order valence-corrected chi connectivity index (χ3v) is 2.52. The van der Waals surface area contributed by atoms with Crippen LogP contribution in [-0.2, 0) is 11.3 Å². The number of carbonyl (C=O) groups excluding carboxylic acids is 1. The van der Waals surface area contributed by atoms with Gasteiger partial charge in [-0.25, -0.2) is 8.78 Å². The molecule has 0 saturated carbocycles. The van der Waals surface area contributed by atoms with E-state index in [9.17, 15) is 13.6 Å². The average Bonchev–Trinajstić information content (AvgIpc) is 2.83. The molecule has 0 bridgehead atoms. The number of rotatable bonds is 4. The summed E-state index contributed by atoms with van der Waals surface area (Å²) in [4.78, 5) is 12.0. The second-order valence-electron chi connectivity index (χ2n) is 3.85. The van der Waals surface area contributed by atoms with Crippen LogP contribution in [0.5, 0.6) is 0 Å². The quantitative estimate of drug-likeness (QED) is 0.682. The number of benzene rings is 1. The number of halogens is 2. The Kier molecular flexibility index (Phi) is 3.62. The van der Waals surface area contributed by atoms with Gasteiger partial charge >= 0.3 is 0 Å². The summed E-state index contributed by atoms with van der Waals surface area (Å²) in [5, 5.41) is 0. The fraction of sp³-hybridized carbons (Fsp3) is 0.154. The highest BCUT2D eigenvalue weighted by Gasteiger charge is 2.23. The fourth-order valence-corrected chi connectivity index (χ4v) is 1.62. The van der Waals surface area contributed by atoms with E-state index < -0.39 is 23.0 Å². The molecule has 0 unspecified atom stereocenters. The summed E-state index contributed by atoms with van der Waals surface area (Å²) in [5.41, 5.74) is 4.29. The van der Waals surface area contributed by atoms with E-state index in [1.807, 2.05) is 0 Å². The number of nitrogen functional groups attached to an aromatic ring is 1. The molecule has 1 aromatic carbocycles. The van der Waals surface area contributed by atoms with Gasteiger partial charge in [-0.2, -0.15) is 0 Å². The van der Waals surface area contributed by atoms with Crippen molar-refractivity contribution in [2.75, 3.05) is 12.8 Å². The van der Waals surface area contributed by atoms with E-state index in [1.165, 1.54) is 19.2 Å². The Morgan fingerprint density at radius 2 is 2.05 bits per heavy atom. The molecule has 2 aromatic rings. The Balaban J connectivity index is 2.41. The van der Waals surface area contributed by atoms with Crippen molar-refractivity contribution in [2.24, 2.45) is 0 Å².